The first-order valence-corrected chi connectivity index (χ1v) is 8.72. The molecule has 0 radical (unpaired) electrons. The monoisotopic (exact) mass is 390 g/mol. The molecule has 0 fully saturated rings. The lowest BCUT2D eigenvalue weighted by molar-refractivity contribution is 0.416. The molecule has 0 spiro atoms. The van der Waals surface area contributed by atoms with Crippen LogP contribution in [0, 0.1) is 0 Å². The molecule has 0 saturated carbocycles. The average Bonchev–Trinajstić information content (AvgIpc) is 3.00. The summed E-state index contributed by atoms with van der Waals surface area (Å²) in [6.45, 7) is 0.611. The summed E-state index contributed by atoms with van der Waals surface area (Å²) in [5.74, 6) is 0.828. The van der Waals surface area contributed by atoms with E-state index >= 15 is 0 Å². The molecule has 118 valence electrons. The normalized spacial score (nSPS) is 10.7. The zero-order chi connectivity index (χ0) is 16.2. The largest absolute Gasteiger partial charge is 0.496 e. The average molecular weight is 392 g/mol. The van der Waals surface area contributed by atoms with Gasteiger partial charge in [0.25, 0.3) is 0 Å². The number of ether oxygens (including phenoxy) is 1. The zero-order valence-corrected chi connectivity index (χ0v) is 15.0. The van der Waals surface area contributed by atoms with Crippen molar-refractivity contribution in [2.24, 2.45) is 0 Å². The van der Waals surface area contributed by atoms with Crippen molar-refractivity contribution in [1.82, 2.24) is 9.78 Å². The minimum absolute atomic E-state index is 0.611. The van der Waals surface area contributed by atoms with Gasteiger partial charge >= 0.3 is 0 Å². The summed E-state index contributed by atoms with van der Waals surface area (Å²) in [6, 6.07) is 17.9. The Morgan fingerprint density at radius 2 is 1.87 bits per heavy atom. The van der Waals surface area contributed by atoms with Crippen LogP contribution < -0.4 is 4.74 Å². The van der Waals surface area contributed by atoms with Crippen molar-refractivity contribution in [2.75, 3.05) is 7.11 Å². The van der Waals surface area contributed by atoms with Crippen molar-refractivity contribution in [3.05, 3.63) is 70.9 Å². The summed E-state index contributed by atoms with van der Waals surface area (Å²) in [5, 5.41) is 6.12. The first-order valence-electron chi connectivity index (χ1n) is 7.22. The van der Waals surface area contributed by atoms with Crippen LogP contribution in [0.1, 0.15) is 11.3 Å². The summed E-state index contributed by atoms with van der Waals surface area (Å²) < 4.78 is 7.46. The molecule has 0 aliphatic rings. The highest BCUT2D eigenvalue weighted by atomic mass is 79.9. The minimum atomic E-state index is 0.611. The molecule has 1 heterocycles. The van der Waals surface area contributed by atoms with Gasteiger partial charge < -0.3 is 4.74 Å². The van der Waals surface area contributed by atoms with Crippen LogP contribution in [0.2, 0.25) is 5.02 Å². The highest BCUT2D eigenvalue weighted by Crippen LogP contribution is 2.31. The molecule has 0 amide bonds. The van der Waals surface area contributed by atoms with Gasteiger partial charge in [-0.1, -0.05) is 57.9 Å². The molecule has 0 saturated heterocycles. The van der Waals surface area contributed by atoms with Crippen LogP contribution in [0.15, 0.2) is 54.6 Å². The van der Waals surface area contributed by atoms with Crippen LogP contribution in [0.25, 0.3) is 11.3 Å². The first kappa shape index (κ1) is 16.1. The molecule has 0 bridgehead atoms. The summed E-state index contributed by atoms with van der Waals surface area (Å²) in [5.41, 5.74) is 4.03. The fourth-order valence-electron chi connectivity index (χ4n) is 2.52. The second kappa shape index (κ2) is 7.20. The maximum absolute atomic E-state index is 6.30. The Labute approximate surface area is 149 Å². The molecule has 2 aromatic carbocycles. The molecule has 3 aromatic rings. The maximum Gasteiger partial charge on any atom is 0.128 e. The van der Waals surface area contributed by atoms with Gasteiger partial charge in [0.15, 0.2) is 0 Å². The number of halogens is 2. The Bertz CT molecular complexity index is 816. The van der Waals surface area contributed by atoms with Gasteiger partial charge in [-0.2, -0.15) is 5.10 Å². The molecule has 5 heteroatoms. The van der Waals surface area contributed by atoms with Crippen molar-refractivity contribution in [3.63, 3.8) is 0 Å². The van der Waals surface area contributed by atoms with E-state index in [9.17, 15) is 0 Å². The number of hydrogen-bond acceptors (Lipinski definition) is 2. The highest BCUT2D eigenvalue weighted by molar-refractivity contribution is 9.08. The van der Waals surface area contributed by atoms with Gasteiger partial charge in [0.1, 0.15) is 5.75 Å². The van der Waals surface area contributed by atoms with Crippen molar-refractivity contribution >= 4 is 27.5 Å². The molecule has 0 atom stereocenters. The molecule has 0 N–H and O–H groups in total. The number of methoxy groups -OCH3 is 1. The quantitative estimate of drug-likeness (QED) is 0.562. The Morgan fingerprint density at radius 1 is 1.13 bits per heavy atom. The fourth-order valence-corrected chi connectivity index (χ4v) is 2.99. The molecular weight excluding hydrogens is 376 g/mol. The molecule has 3 nitrogen and oxygen atoms in total. The summed E-state index contributed by atoms with van der Waals surface area (Å²) in [4.78, 5) is 0. The maximum atomic E-state index is 6.30. The molecule has 3 rings (SSSR count). The molecule has 1 aromatic heterocycles. The zero-order valence-electron chi connectivity index (χ0n) is 12.7. The van der Waals surface area contributed by atoms with E-state index in [1.807, 2.05) is 53.2 Å². The third kappa shape index (κ3) is 3.43. The Morgan fingerprint density at radius 3 is 2.61 bits per heavy atom. The smallest absolute Gasteiger partial charge is 0.128 e. The molecular formula is C18H16BrClN2O. The van der Waals surface area contributed by atoms with E-state index in [1.165, 1.54) is 0 Å². The van der Waals surface area contributed by atoms with E-state index in [0.717, 1.165) is 33.3 Å². The SMILES string of the molecule is COc1ccccc1-c1cc(CBr)nn1Cc1ccccc1Cl. The van der Waals surface area contributed by atoms with Gasteiger partial charge in [-0.05, 0) is 29.8 Å². The van der Waals surface area contributed by atoms with Gasteiger partial charge in [-0.15, -0.1) is 0 Å². The van der Waals surface area contributed by atoms with Crippen LogP contribution >= 0.6 is 27.5 Å². The summed E-state index contributed by atoms with van der Waals surface area (Å²) in [7, 11) is 1.68. The number of para-hydroxylation sites is 1. The molecule has 0 unspecified atom stereocenters. The fraction of sp³-hybridized carbons (Fsp3) is 0.167. The van der Waals surface area contributed by atoms with Crippen LogP contribution in [0.3, 0.4) is 0 Å². The standard InChI is InChI=1S/C18H16BrClN2O/c1-23-18-9-5-3-7-15(18)17-10-14(11-19)21-22(17)12-13-6-2-4-8-16(13)20/h2-10H,11-12H2,1H3. The Hall–Kier alpha value is -1.78. The lowest BCUT2D eigenvalue weighted by atomic mass is 10.1. The number of hydrogen-bond donors (Lipinski definition) is 0. The van der Waals surface area contributed by atoms with Crippen LogP contribution in [0.4, 0.5) is 0 Å². The third-order valence-electron chi connectivity index (χ3n) is 3.63. The second-order valence-corrected chi connectivity index (χ2v) is 6.07. The van der Waals surface area contributed by atoms with Crippen molar-refractivity contribution < 1.29 is 4.74 Å². The van der Waals surface area contributed by atoms with E-state index in [2.05, 4.69) is 27.1 Å². The predicted molar refractivity (Wildman–Crippen MR) is 97.4 cm³/mol. The van der Waals surface area contributed by atoms with Crippen LogP contribution in [-0.2, 0) is 11.9 Å². The lowest BCUT2D eigenvalue weighted by Gasteiger charge is -2.12. The summed E-state index contributed by atoms with van der Waals surface area (Å²) in [6.07, 6.45) is 0. The van der Waals surface area contributed by atoms with Gasteiger partial charge in [-0.3, -0.25) is 4.68 Å². The number of alkyl halides is 1. The van der Waals surface area contributed by atoms with E-state index < -0.39 is 0 Å². The topological polar surface area (TPSA) is 27.1 Å². The van der Waals surface area contributed by atoms with Crippen LogP contribution in [0.5, 0.6) is 5.75 Å². The minimum Gasteiger partial charge on any atom is -0.496 e. The van der Waals surface area contributed by atoms with E-state index in [4.69, 9.17) is 16.3 Å². The number of nitrogens with zero attached hydrogens (tertiary/aromatic N) is 2. The third-order valence-corrected chi connectivity index (χ3v) is 4.57. The van der Waals surface area contributed by atoms with E-state index in [-0.39, 0.29) is 0 Å². The van der Waals surface area contributed by atoms with Crippen molar-refractivity contribution in [1.29, 1.82) is 0 Å². The number of benzene rings is 2. The second-order valence-electron chi connectivity index (χ2n) is 5.10. The van der Waals surface area contributed by atoms with Gasteiger partial charge in [0.05, 0.1) is 25.0 Å². The first-order chi connectivity index (χ1) is 11.2. The Kier molecular flexibility index (Phi) is 5.03. The van der Waals surface area contributed by atoms with Gasteiger partial charge in [0.2, 0.25) is 0 Å². The van der Waals surface area contributed by atoms with Crippen molar-refractivity contribution in [2.45, 2.75) is 11.9 Å². The van der Waals surface area contributed by atoms with Crippen molar-refractivity contribution in [3.8, 4) is 17.0 Å². The Balaban J connectivity index is 2.07. The lowest BCUT2D eigenvalue weighted by Crippen LogP contribution is -2.05. The van der Waals surface area contributed by atoms with Gasteiger partial charge in [-0.25, -0.2) is 0 Å². The summed E-state index contributed by atoms with van der Waals surface area (Å²) >= 11 is 9.78. The molecule has 0 aliphatic carbocycles. The molecule has 23 heavy (non-hydrogen) atoms. The highest BCUT2D eigenvalue weighted by Gasteiger charge is 2.14. The number of aromatic nitrogens is 2. The molecule has 0 aliphatic heterocycles. The van der Waals surface area contributed by atoms with Gasteiger partial charge in [0, 0.05) is 15.9 Å². The van der Waals surface area contributed by atoms with Crippen LogP contribution in [-0.4, -0.2) is 16.9 Å². The van der Waals surface area contributed by atoms with E-state index in [1.54, 1.807) is 7.11 Å². The number of rotatable bonds is 5. The van der Waals surface area contributed by atoms with E-state index in [0.29, 0.717) is 11.9 Å². The predicted octanol–water partition coefficient (Wildman–Crippen LogP) is 5.16.